The molecular formula is C31H29ClF2N6O2. The number of hydrogen-bond donors (Lipinski definition) is 1. The van der Waals surface area contributed by atoms with Gasteiger partial charge in [-0.3, -0.25) is 23.6 Å². The number of rotatable bonds is 7. The summed E-state index contributed by atoms with van der Waals surface area (Å²) < 4.78 is 32.1. The quantitative estimate of drug-likeness (QED) is 0.246. The first-order chi connectivity index (χ1) is 20.3. The van der Waals surface area contributed by atoms with Crippen molar-refractivity contribution in [2.75, 3.05) is 0 Å². The predicted molar refractivity (Wildman–Crippen MR) is 157 cm³/mol. The van der Waals surface area contributed by atoms with E-state index in [0.717, 1.165) is 46.9 Å². The van der Waals surface area contributed by atoms with Gasteiger partial charge in [-0.2, -0.15) is 5.10 Å². The topological polar surface area (TPSA) is 86.7 Å². The number of hydrogen-bond acceptors (Lipinski definition) is 4. The summed E-state index contributed by atoms with van der Waals surface area (Å²) in [5, 5.41) is 7.27. The molecule has 1 aliphatic carbocycles. The fraction of sp³-hybridized carbons (Fsp3) is 0.290. The van der Waals surface area contributed by atoms with E-state index in [9.17, 15) is 18.4 Å². The van der Waals surface area contributed by atoms with Crippen LogP contribution in [0.5, 0.6) is 0 Å². The Morgan fingerprint density at radius 3 is 2.50 bits per heavy atom. The minimum atomic E-state index is -2.88. The summed E-state index contributed by atoms with van der Waals surface area (Å²) in [5.74, 6) is -0.377. The van der Waals surface area contributed by atoms with Crippen LogP contribution in [-0.2, 0) is 13.6 Å². The molecule has 1 fully saturated rings. The lowest BCUT2D eigenvalue weighted by Gasteiger charge is -2.29. The number of imidazole rings is 1. The molecule has 216 valence electrons. The smallest absolute Gasteiger partial charge is 0.333 e. The standard InChI is InChI=1S/C31H29ClF2N6O2/c1-38-18-21(15-36-38)20-5-4-6-24(13-20)40-27-8-3-2-7-26(27)39(31(40)42)17-19-9-11-23(12-10-19)37-30(41)25-14-22(32)16-35-28(25)29(33)34/h2-8,13-16,18-19,23,29H,9-12,17H2,1H3,(H,37,41)/t19-,23-. The van der Waals surface area contributed by atoms with Gasteiger partial charge in [0, 0.05) is 37.6 Å². The van der Waals surface area contributed by atoms with Gasteiger partial charge < -0.3 is 5.32 Å². The zero-order valence-corrected chi connectivity index (χ0v) is 23.6. The van der Waals surface area contributed by atoms with Crippen molar-refractivity contribution in [3.05, 3.63) is 100.0 Å². The highest BCUT2D eigenvalue weighted by Gasteiger charge is 2.27. The largest absolute Gasteiger partial charge is 0.349 e. The van der Waals surface area contributed by atoms with Gasteiger partial charge in [0.2, 0.25) is 0 Å². The van der Waals surface area contributed by atoms with E-state index in [0.29, 0.717) is 19.4 Å². The Labute approximate surface area is 245 Å². The number of carbonyl (C=O) groups excluding carboxylic acids is 1. The molecule has 0 aliphatic heterocycles. The highest BCUT2D eigenvalue weighted by atomic mass is 35.5. The van der Waals surface area contributed by atoms with E-state index < -0.39 is 18.0 Å². The first-order valence-corrected chi connectivity index (χ1v) is 14.2. The van der Waals surface area contributed by atoms with Crippen LogP contribution >= 0.6 is 11.6 Å². The molecule has 1 saturated carbocycles. The number of benzene rings is 2. The van der Waals surface area contributed by atoms with E-state index >= 15 is 0 Å². The number of alkyl halides is 2. The number of aryl methyl sites for hydroxylation is 1. The fourth-order valence-corrected chi connectivity index (χ4v) is 6.00. The van der Waals surface area contributed by atoms with E-state index in [-0.39, 0.29) is 28.2 Å². The maximum atomic E-state index is 13.9. The average molecular weight is 591 g/mol. The average Bonchev–Trinajstić information content (AvgIpc) is 3.54. The molecule has 0 unspecified atom stereocenters. The fourth-order valence-electron chi connectivity index (χ4n) is 5.85. The van der Waals surface area contributed by atoms with Crippen molar-refractivity contribution >= 4 is 28.5 Å². The maximum Gasteiger partial charge on any atom is 0.333 e. The molecule has 0 bridgehead atoms. The minimum Gasteiger partial charge on any atom is -0.349 e. The van der Waals surface area contributed by atoms with Crippen molar-refractivity contribution in [3.8, 4) is 16.8 Å². The Morgan fingerprint density at radius 2 is 1.79 bits per heavy atom. The monoisotopic (exact) mass is 590 g/mol. The third-order valence-corrected chi connectivity index (χ3v) is 8.14. The Morgan fingerprint density at radius 1 is 1.02 bits per heavy atom. The first-order valence-electron chi connectivity index (χ1n) is 13.8. The summed E-state index contributed by atoms with van der Waals surface area (Å²) >= 11 is 5.92. The molecule has 42 heavy (non-hydrogen) atoms. The van der Waals surface area contributed by atoms with E-state index in [1.54, 1.807) is 15.4 Å². The van der Waals surface area contributed by atoms with Gasteiger partial charge in [-0.15, -0.1) is 0 Å². The van der Waals surface area contributed by atoms with Gasteiger partial charge in [-0.25, -0.2) is 13.6 Å². The lowest BCUT2D eigenvalue weighted by atomic mass is 9.85. The Bertz CT molecular complexity index is 1820. The molecule has 5 aromatic rings. The van der Waals surface area contributed by atoms with E-state index in [4.69, 9.17) is 11.6 Å². The Hall–Kier alpha value is -4.31. The maximum absolute atomic E-state index is 13.9. The second-order valence-electron chi connectivity index (χ2n) is 10.7. The zero-order chi connectivity index (χ0) is 29.4. The summed E-state index contributed by atoms with van der Waals surface area (Å²) in [6, 6.07) is 16.7. The molecule has 11 heteroatoms. The zero-order valence-electron chi connectivity index (χ0n) is 22.9. The molecule has 3 aromatic heterocycles. The summed E-state index contributed by atoms with van der Waals surface area (Å²) in [5.41, 5.74) is 3.52. The van der Waals surface area contributed by atoms with Crippen molar-refractivity contribution in [3.63, 3.8) is 0 Å². The van der Waals surface area contributed by atoms with Crippen molar-refractivity contribution in [1.82, 2.24) is 29.2 Å². The van der Waals surface area contributed by atoms with Crippen LogP contribution in [0.1, 0.15) is 48.2 Å². The van der Waals surface area contributed by atoms with Gasteiger partial charge in [0.1, 0.15) is 5.69 Å². The number of para-hydroxylation sites is 2. The molecule has 0 spiro atoms. The summed E-state index contributed by atoms with van der Waals surface area (Å²) in [7, 11) is 1.87. The van der Waals surface area contributed by atoms with Crippen molar-refractivity contribution in [2.45, 2.75) is 44.7 Å². The third-order valence-electron chi connectivity index (χ3n) is 7.94. The van der Waals surface area contributed by atoms with Crippen molar-refractivity contribution in [1.29, 1.82) is 0 Å². The van der Waals surface area contributed by atoms with Crippen molar-refractivity contribution in [2.24, 2.45) is 13.0 Å². The van der Waals surface area contributed by atoms with Crippen LogP contribution < -0.4 is 11.0 Å². The summed E-state index contributed by atoms with van der Waals surface area (Å²) in [6.45, 7) is 0.545. The summed E-state index contributed by atoms with van der Waals surface area (Å²) in [4.78, 5) is 30.3. The molecule has 2 aromatic carbocycles. The molecular weight excluding hydrogens is 562 g/mol. The number of nitrogens with zero attached hydrogens (tertiary/aromatic N) is 5. The van der Waals surface area contributed by atoms with E-state index in [1.807, 2.05) is 66.3 Å². The van der Waals surface area contributed by atoms with E-state index in [2.05, 4.69) is 15.4 Å². The number of aromatic nitrogens is 5. The normalized spacial score (nSPS) is 17.2. The molecule has 8 nitrogen and oxygen atoms in total. The number of pyridine rings is 1. The molecule has 1 aliphatic rings. The lowest BCUT2D eigenvalue weighted by Crippen LogP contribution is -2.39. The van der Waals surface area contributed by atoms with Crippen LogP contribution in [0.2, 0.25) is 5.02 Å². The minimum absolute atomic E-state index is 0.108. The van der Waals surface area contributed by atoms with Crippen LogP contribution in [-0.4, -0.2) is 35.8 Å². The van der Waals surface area contributed by atoms with Crippen LogP contribution in [0.4, 0.5) is 8.78 Å². The first kappa shape index (κ1) is 27.8. The second kappa shape index (κ2) is 11.5. The van der Waals surface area contributed by atoms with Gasteiger partial charge in [-0.1, -0.05) is 35.9 Å². The molecule has 0 radical (unpaired) electrons. The highest BCUT2D eigenvalue weighted by Crippen LogP contribution is 2.29. The van der Waals surface area contributed by atoms with Gasteiger partial charge >= 0.3 is 5.69 Å². The summed E-state index contributed by atoms with van der Waals surface area (Å²) in [6.07, 6.45) is 4.88. The SMILES string of the molecule is Cn1cc(-c2cccc(-n3c(=O)n(C[C@H]4CC[C@H](NC(=O)c5cc(Cl)cnc5C(F)F)CC4)c4ccccc43)c2)cn1. The molecule has 3 heterocycles. The molecule has 0 atom stereocenters. The van der Waals surface area contributed by atoms with Crippen LogP contribution in [0.15, 0.2) is 78.0 Å². The number of halogens is 3. The Balaban J connectivity index is 1.19. The van der Waals surface area contributed by atoms with Gasteiger partial charge in [0.25, 0.3) is 12.3 Å². The van der Waals surface area contributed by atoms with Gasteiger partial charge in [-0.05, 0) is 67.5 Å². The Kier molecular flexibility index (Phi) is 7.64. The third kappa shape index (κ3) is 5.46. The van der Waals surface area contributed by atoms with Crippen LogP contribution in [0.3, 0.4) is 0 Å². The number of carbonyl (C=O) groups is 1. The lowest BCUT2D eigenvalue weighted by molar-refractivity contribution is 0.0904. The van der Waals surface area contributed by atoms with Crippen LogP contribution in [0.25, 0.3) is 27.8 Å². The molecule has 6 rings (SSSR count). The van der Waals surface area contributed by atoms with Crippen molar-refractivity contribution < 1.29 is 13.6 Å². The molecule has 0 saturated heterocycles. The van der Waals surface area contributed by atoms with Gasteiger partial charge in [0.05, 0.1) is 33.5 Å². The number of nitrogens with one attached hydrogen (secondary N) is 1. The molecule has 1 N–H and O–H groups in total. The number of amides is 1. The van der Waals surface area contributed by atoms with E-state index in [1.165, 1.54) is 6.07 Å². The van der Waals surface area contributed by atoms with Crippen LogP contribution in [0, 0.1) is 5.92 Å². The second-order valence-corrected chi connectivity index (χ2v) is 11.2. The van der Waals surface area contributed by atoms with Gasteiger partial charge in [0.15, 0.2) is 0 Å². The number of fused-ring (bicyclic) bond motifs is 1. The predicted octanol–water partition coefficient (Wildman–Crippen LogP) is 6.17. The molecule has 1 amide bonds. The highest BCUT2D eigenvalue weighted by molar-refractivity contribution is 6.30.